The Morgan fingerprint density at radius 3 is 2.17 bits per heavy atom. The van der Waals surface area contributed by atoms with E-state index < -0.39 is 0 Å². The number of aryl methyl sites for hydroxylation is 1. The van der Waals surface area contributed by atoms with Crippen LogP contribution in [0.2, 0.25) is 0 Å². The highest BCUT2D eigenvalue weighted by Gasteiger charge is 2.06. The Hall–Kier alpha value is -1.59. The maximum absolute atomic E-state index is 9.08. The number of halogens is 1. The normalized spacial score (nSPS) is 9.70. The molecule has 0 spiro atoms. The van der Waals surface area contributed by atoms with Crippen LogP contribution < -0.4 is 0 Å². The van der Waals surface area contributed by atoms with Gasteiger partial charge in [0.2, 0.25) is 0 Å². The lowest BCUT2D eigenvalue weighted by Gasteiger charge is -2.10. The number of hydrogen-bond donors (Lipinski definition) is 0. The van der Waals surface area contributed by atoms with Crippen molar-refractivity contribution in [3.05, 3.63) is 58.1 Å². The van der Waals surface area contributed by atoms with Gasteiger partial charge in [0.05, 0.1) is 11.6 Å². The molecule has 0 bridgehead atoms. The third kappa shape index (κ3) is 6.59. The summed E-state index contributed by atoms with van der Waals surface area (Å²) in [7, 11) is 0. The summed E-state index contributed by atoms with van der Waals surface area (Å²) in [5.41, 5.74) is 4.48. The Morgan fingerprint density at radius 1 is 0.957 bits per heavy atom. The summed E-state index contributed by atoms with van der Waals surface area (Å²) in [6.45, 7) is 6.46. The number of nitrogens with zero attached hydrogens (tertiary/aromatic N) is 1. The summed E-state index contributed by atoms with van der Waals surface area (Å²) in [4.78, 5) is 0. The van der Waals surface area contributed by atoms with E-state index in [4.69, 9.17) is 5.26 Å². The van der Waals surface area contributed by atoms with Crippen LogP contribution in [-0.4, -0.2) is 0 Å². The summed E-state index contributed by atoms with van der Waals surface area (Å²) in [5, 5.41) is 9.08. The van der Waals surface area contributed by atoms with Gasteiger partial charge in [-0.15, -0.1) is 0 Å². The van der Waals surface area contributed by atoms with Crippen molar-refractivity contribution in [2.45, 2.75) is 52.9 Å². The van der Waals surface area contributed by atoms with Crippen LogP contribution in [0.25, 0.3) is 11.1 Å². The van der Waals surface area contributed by atoms with Gasteiger partial charge in [-0.1, -0.05) is 74.2 Å². The molecule has 122 valence electrons. The second-order valence-electron chi connectivity index (χ2n) is 5.65. The van der Waals surface area contributed by atoms with E-state index in [1.54, 1.807) is 0 Å². The van der Waals surface area contributed by atoms with Crippen LogP contribution in [0.15, 0.2) is 46.9 Å². The molecule has 0 unspecified atom stereocenters. The summed E-state index contributed by atoms with van der Waals surface area (Å²) in [6, 6.07) is 16.6. The van der Waals surface area contributed by atoms with Gasteiger partial charge in [0.25, 0.3) is 0 Å². The van der Waals surface area contributed by atoms with E-state index in [9.17, 15) is 0 Å². The molecule has 2 heteroatoms. The lowest BCUT2D eigenvalue weighted by molar-refractivity contribution is 0.718. The fraction of sp³-hybridized carbons (Fsp3) is 0.381. The predicted molar refractivity (Wildman–Crippen MR) is 103 cm³/mol. The second-order valence-corrected chi connectivity index (χ2v) is 6.57. The van der Waals surface area contributed by atoms with Gasteiger partial charge in [-0.25, -0.2) is 0 Å². The first kappa shape index (κ1) is 19.5. The SMILES string of the molecule is CCC.CCCCCc1cc(C#N)ccc1-c1ccc(Br)cc1. The Balaban J connectivity index is 0.000000816. The Bertz CT molecular complexity index is 623. The molecule has 2 rings (SSSR count). The first-order valence-corrected chi connectivity index (χ1v) is 9.24. The monoisotopic (exact) mass is 371 g/mol. The van der Waals surface area contributed by atoms with Gasteiger partial charge in [-0.2, -0.15) is 5.26 Å². The second kappa shape index (κ2) is 11.0. The van der Waals surface area contributed by atoms with Crippen molar-refractivity contribution in [2.24, 2.45) is 0 Å². The van der Waals surface area contributed by atoms with Gasteiger partial charge >= 0.3 is 0 Å². The van der Waals surface area contributed by atoms with Crippen LogP contribution in [0.4, 0.5) is 0 Å². The molecule has 1 nitrogen and oxygen atoms in total. The van der Waals surface area contributed by atoms with Gasteiger partial charge < -0.3 is 0 Å². The molecule has 2 aromatic rings. The van der Waals surface area contributed by atoms with Crippen molar-refractivity contribution in [1.82, 2.24) is 0 Å². The lowest BCUT2D eigenvalue weighted by atomic mass is 9.94. The molecule has 2 aromatic carbocycles. The van der Waals surface area contributed by atoms with Crippen LogP contribution in [0, 0.1) is 11.3 Å². The van der Waals surface area contributed by atoms with E-state index in [2.05, 4.69) is 73.1 Å². The van der Waals surface area contributed by atoms with E-state index in [1.165, 1.54) is 42.4 Å². The molecule has 0 N–H and O–H groups in total. The van der Waals surface area contributed by atoms with E-state index in [0.29, 0.717) is 0 Å². The Morgan fingerprint density at radius 2 is 1.61 bits per heavy atom. The van der Waals surface area contributed by atoms with Crippen molar-refractivity contribution in [1.29, 1.82) is 5.26 Å². The van der Waals surface area contributed by atoms with Crippen molar-refractivity contribution < 1.29 is 0 Å². The Labute approximate surface area is 149 Å². The minimum absolute atomic E-state index is 0.748. The van der Waals surface area contributed by atoms with E-state index >= 15 is 0 Å². The quantitative estimate of drug-likeness (QED) is 0.512. The molecule has 0 radical (unpaired) electrons. The fourth-order valence-electron chi connectivity index (χ4n) is 2.35. The zero-order chi connectivity index (χ0) is 17.1. The number of benzene rings is 2. The highest BCUT2D eigenvalue weighted by atomic mass is 79.9. The molecule has 0 aromatic heterocycles. The zero-order valence-corrected chi connectivity index (χ0v) is 16.0. The predicted octanol–water partition coefficient (Wildman–Crippen LogP) is 7.14. The molecule has 0 aliphatic rings. The van der Waals surface area contributed by atoms with E-state index in [1.807, 2.05) is 12.1 Å². The average molecular weight is 372 g/mol. The summed E-state index contributed by atoms with van der Waals surface area (Å²) in [6.07, 6.45) is 5.91. The standard InChI is InChI=1S/C18H18BrN.C3H8/c1-2-3-4-5-16-12-14(13-20)6-11-18(16)15-7-9-17(19)10-8-15;1-3-2/h6-12H,2-5H2,1H3;3H2,1-2H3. The summed E-state index contributed by atoms with van der Waals surface area (Å²) in [5.74, 6) is 0. The molecule has 0 saturated heterocycles. The number of unbranched alkanes of at least 4 members (excludes halogenated alkanes) is 2. The maximum Gasteiger partial charge on any atom is 0.0991 e. The summed E-state index contributed by atoms with van der Waals surface area (Å²) < 4.78 is 1.09. The third-order valence-corrected chi connectivity index (χ3v) is 3.97. The maximum atomic E-state index is 9.08. The highest BCUT2D eigenvalue weighted by Crippen LogP contribution is 2.27. The fourth-order valence-corrected chi connectivity index (χ4v) is 2.61. The highest BCUT2D eigenvalue weighted by molar-refractivity contribution is 9.10. The molecule has 0 amide bonds. The topological polar surface area (TPSA) is 23.8 Å². The number of nitriles is 1. The molecule has 0 heterocycles. The molecule has 23 heavy (non-hydrogen) atoms. The van der Waals surface area contributed by atoms with Crippen molar-refractivity contribution in [3.8, 4) is 17.2 Å². The number of rotatable bonds is 5. The van der Waals surface area contributed by atoms with Crippen LogP contribution in [0.3, 0.4) is 0 Å². The van der Waals surface area contributed by atoms with Crippen LogP contribution in [0.5, 0.6) is 0 Å². The van der Waals surface area contributed by atoms with Crippen LogP contribution >= 0.6 is 15.9 Å². The minimum Gasteiger partial charge on any atom is -0.192 e. The minimum atomic E-state index is 0.748. The Kier molecular flexibility index (Phi) is 9.33. The number of hydrogen-bond acceptors (Lipinski definition) is 1. The summed E-state index contributed by atoms with van der Waals surface area (Å²) >= 11 is 3.47. The molecule has 0 atom stereocenters. The molecular weight excluding hydrogens is 346 g/mol. The van der Waals surface area contributed by atoms with E-state index in [-0.39, 0.29) is 0 Å². The van der Waals surface area contributed by atoms with Crippen LogP contribution in [-0.2, 0) is 6.42 Å². The first-order valence-electron chi connectivity index (χ1n) is 8.45. The van der Waals surface area contributed by atoms with Gasteiger partial charge in [0.1, 0.15) is 0 Å². The van der Waals surface area contributed by atoms with Crippen molar-refractivity contribution >= 4 is 15.9 Å². The van der Waals surface area contributed by atoms with E-state index in [0.717, 1.165) is 16.5 Å². The average Bonchev–Trinajstić information content (AvgIpc) is 2.56. The van der Waals surface area contributed by atoms with Gasteiger partial charge in [0.15, 0.2) is 0 Å². The van der Waals surface area contributed by atoms with Crippen molar-refractivity contribution in [3.63, 3.8) is 0 Å². The van der Waals surface area contributed by atoms with Gasteiger partial charge in [-0.3, -0.25) is 0 Å². The largest absolute Gasteiger partial charge is 0.192 e. The van der Waals surface area contributed by atoms with Crippen LogP contribution in [0.1, 0.15) is 57.6 Å². The van der Waals surface area contributed by atoms with Crippen molar-refractivity contribution in [2.75, 3.05) is 0 Å². The molecular formula is C21H26BrN. The first-order chi connectivity index (χ1) is 11.2. The smallest absolute Gasteiger partial charge is 0.0991 e. The zero-order valence-electron chi connectivity index (χ0n) is 14.4. The van der Waals surface area contributed by atoms with Gasteiger partial charge in [-0.05, 0) is 53.8 Å². The van der Waals surface area contributed by atoms with Gasteiger partial charge in [0, 0.05) is 4.47 Å². The molecule has 0 saturated carbocycles. The molecule has 0 aliphatic heterocycles. The lowest BCUT2D eigenvalue weighted by Crippen LogP contribution is -1.92. The molecule has 0 aliphatic carbocycles. The molecule has 0 fully saturated rings. The third-order valence-electron chi connectivity index (χ3n) is 3.44.